The molecule has 0 saturated heterocycles. The monoisotopic (exact) mass is 125 g/mol. The SMILES string of the molecule is [CH2]OCCn1ccnc1. The van der Waals surface area contributed by atoms with Gasteiger partial charge in [-0.3, -0.25) is 0 Å². The Morgan fingerprint density at radius 3 is 3.11 bits per heavy atom. The van der Waals surface area contributed by atoms with Crippen molar-refractivity contribution in [3.05, 3.63) is 25.8 Å². The van der Waals surface area contributed by atoms with E-state index < -0.39 is 0 Å². The van der Waals surface area contributed by atoms with Crippen LogP contribution in [0.1, 0.15) is 0 Å². The smallest absolute Gasteiger partial charge is 0.0946 e. The van der Waals surface area contributed by atoms with Crippen LogP contribution >= 0.6 is 0 Å². The summed E-state index contributed by atoms with van der Waals surface area (Å²) in [6.45, 7) is 1.46. The number of hydrogen-bond donors (Lipinski definition) is 0. The molecule has 1 aromatic rings. The number of ether oxygens (including phenoxy) is 1. The number of hydrogen-bond acceptors (Lipinski definition) is 2. The van der Waals surface area contributed by atoms with Crippen LogP contribution in [0.2, 0.25) is 0 Å². The van der Waals surface area contributed by atoms with E-state index in [1.54, 1.807) is 12.5 Å². The van der Waals surface area contributed by atoms with Crippen molar-refractivity contribution in [1.82, 2.24) is 9.55 Å². The van der Waals surface area contributed by atoms with Crippen molar-refractivity contribution >= 4 is 0 Å². The molecule has 0 atom stereocenters. The lowest BCUT2D eigenvalue weighted by atomic mass is 10.7. The lowest BCUT2D eigenvalue weighted by Gasteiger charge is -1.97. The Morgan fingerprint density at radius 2 is 2.56 bits per heavy atom. The second-order valence-electron chi connectivity index (χ2n) is 1.71. The third-order valence-corrected chi connectivity index (χ3v) is 1.05. The van der Waals surface area contributed by atoms with Gasteiger partial charge in [0.25, 0.3) is 0 Å². The van der Waals surface area contributed by atoms with Crippen molar-refractivity contribution in [2.45, 2.75) is 6.54 Å². The molecular formula is C6H9N2O. The Balaban J connectivity index is 2.30. The number of aromatic nitrogens is 2. The molecule has 0 aliphatic heterocycles. The lowest BCUT2D eigenvalue weighted by molar-refractivity contribution is 0.228. The van der Waals surface area contributed by atoms with Gasteiger partial charge in [-0.25, -0.2) is 4.98 Å². The number of rotatable bonds is 3. The zero-order chi connectivity index (χ0) is 6.53. The van der Waals surface area contributed by atoms with Gasteiger partial charge >= 0.3 is 0 Å². The Hall–Kier alpha value is -0.830. The molecule has 3 heteroatoms. The van der Waals surface area contributed by atoms with Gasteiger partial charge in [-0.15, -0.1) is 0 Å². The van der Waals surface area contributed by atoms with E-state index in [9.17, 15) is 0 Å². The molecule has 0 saturated carbocycles. The zero-order valence-corrected chi connectivity index (χ0v) is 5.16. The van der Waals surface area contributed by atoms with Crippen molar-refractivity contribution in [1.29, 1.82) is 0 Å². The van der Waals surface area contributed by atoms with Crippen molar-refractivity contribution in [2.75, 3.05) is 6.61 Å². The van der Waals surface area contributed by atoms with Crippen LogP contribution in [0, 0.1) is 7.11 Å². The summed E-state index contributed by atoms with van der Waals surface area (Å²) in [5.74, 6) is 0. The minimum Gasteiger partial charge on any atom is -0.377 e. The van der Waals surface area contributed by atoms with Gasteiger partial charge in [0, 0.05) is 18.9 Å². The molecular weight excluding hydrogens is 116 g/mol. The van der Waals surface area contributed by atoms with Gasteiger partial charge in [0.2, 0.25) is 0 Å². The highest BCUT2D eigenvalue weighted by Crippen LogP contribution is 1.84. The molecule has 0 aliphatic carbocycles. The van der Waals surface area contributed by atoms with E-state index in [1.807, 2.05) is 10.8 Å². The summed E-state index contributed by atoms with van der Waals surface area (Å²) < 4.78 is 6.55. The summed E-state index contributed by atoms with van der Waals surface area (Å²) in [7, 11) is 3.25. The second-order valence-corrected chi connectivity index (χ2v) is 1.71. The Morgan fingerprint density at radius 1 is 1.67 bits per heavy atom. The first-order valence-corrected chi connectivity index (χ1v) is 2.76. The largest absolute Gasteiger partial charge is 0.377 e. The molecule has 1 radical (unpaired) electrons. The Kier molecular flexibility index (Phi) is 2.27. The van der Waals surface area contributed by atoms with Gasteiger partial charge in [-0.05, 0) is 0 Å². The van der Waals surface area contributed by atoms with Crippen LogP contribution in [0.5, 0.6) is 0 Å². The van der Waals surface area contributed by atoms with Crippen LogP contribution in [0.3, 0.4) is 0 Å². The van der Waals surface area contributed by atoms with Crippen LogP contribution in [0.25, 0.3) is 0 Å². The Labute approximate surface area is 54.3 Å². The molecule has 0 unspecified atom stereocenters. The number of imidazole rings is 1. The lowest BCUT2D eigenvalue weighted by Crippen LogP contribution is -1.99. The van der Waals surface area contributed by atoms with E-state index >= 15 is 0 Å². The average Bonchev–Trinajstić information content (AvgIpc) is 2.34. The number of nitrogens with zero attached hydrogens (tertiary/aromatic N) is 2. The highest BCUT2D eigenvalue weighted by atomic mass is 16.5. The quantitative estimate of drug-likeness (QED) is 0.594. The van der Waals surface area contributed by atoms with Crippen molar-refractivity contribution in [3.8, 4) is 0 Å². The van der Waals surface area contributed by atoms with Gasteiger partial charge in [0.1, 0.15) is 0 Å². The van der Waals surface area contributed by atoms with Crippen LogP contribution < -0.4 is 0 Å². The molecule has 1 aromatic heterocycles. The van der Waals surface area contributed by atoms with E-state index in [4.69, 9.17) is 0 Å². The summed E-state index contributed by atoms with van der Waals surface area (Å²) >= 11 is 0. The maximum Gasteiger partial charge on any atom is 0.0946 e. The molecule has 0 N–H and O–H groups in total. The summed E-state index contributed by atoms with van der Waals surface area (Å²) in [5.41, 5.74) is 0. The molecule has 0 bridgehead atoms. The molecule has 0 aliphatic rings. The molecule has 1 rings (SSSR count). The van der Waals surface area contributed by atoms with Crippen molar-refractivity contribution < 1.29 is 4.74 Å². The third kappa shape index (κ3) is 1.85. The van der Waals surface area contributed by atoms with E-state index in [-0.39, 0.29) is 0 Å². The predicted molar refractivity (Wildman–Crippen MR) is 33.5 cm³/mol. The molecule has 1 heterocycles. The first-order valence-electron chi connectivity index (χ1n) is 2.76. The second kappa shape index (κ2) is 3.25. The van der Waals surface area contributed by atoms with E-state index in [0.29, 0.717) is 6.61 Å². The first kappa shape index (κ1) is 6.29. The maximum atomic E-state index is 4.62. The van der Waals surface area contributed by atoms with Crippen LogP contribution in [0.4, 0.5) is 0 Å². The summed E-state index contributed by atoms with van der Waals surface area (Å²) in [5, 5.41) is 0. The van der Waals surface area contributed by atoms with Crippen LogP contribution in [-0.4, -0.2) is 16.2 Å². The minimum absolute atomic E-state index is 0.635. The van der Waals surface area contributed by atoms with Gasteiger partial charge in [-0.2, -0.15) is 0 Å². The topological polar surface area (TPSA) is 27.1 Å². The molecule has 0 spiro atoms. The molecule has 3 nitrogen and oxygen atoms in total. The maximum absolute atomic E-state index is 4.62. The third-order valence-electron chi connectivity index (χ3n) is 1.05. The van der Waals surface area contributed by atoms with Crippen LogP contribution in [-0.2, 0) is 11.3 Å². The molecule has 0 fully saturated rings. The minimum atomic E-state index is 0.635. The van der Waals surface area contributed by atoms with Crippen molar-refractivity contribution in [2.24, 2.45) is 0 Å². The highest BCUT2D eigenvalue weighted by Gasteiger charge is 1.85. The van der Waals surface area contributed by atoms with Gasteiger partial charge in [0.15, 0.2) is 0 Å². The highest BCUT2D eigenvalue weighted by molar-refractivity contribution is 4.73. The molecule has 0 aromatic carbocycles. The van der Waals surface area contributed by atoms with Gasteiger partial charge < -0.3 is 9.30 Å². The van der Waals surface area contributed by atoms with E-state index in [1.165, 1.54) is 0 Å². The van der Waals surface area contributed by atoms with E-state index in [0.717, 1.165) is 6.54 Å². The Bertz CT molecular complexity index is 148. The first-order chi connectivity index (χ1) is 4.43. The average molecular weight is 125 g/mol. The van der Waals surface area contributed by atoms with E-state index in [2.05, 4.69) is 16.8 Å². The fourth-order valence-electron chi connectivity index (χ4n) is 0.589. The molecule has 49 valence electrons. The summed E-state index contributed by atoms with van der Waals surface area (Å²) in [6.07, 6.45) is 5.38. The molecule has 9 heavy (non-hydrogen) atoms. The van der Waals surface area contributed by atoms with Gasteiger partial charge in [0.05, 0.1) is 20.0 Å². The fourth-order valence-corrected chi connectivity index (χ4v) is 0.589. The standard InChI is InChI=1S/C6H9N2O/c1-9-5-4-8-3-2-7-6-8/h2-3,6H,1,4-5H2. The van der Waals surface area contributed by atoms with Crippen molar-refractivity contribution in [3.63, 3.8) is 0 Å². The zero-order valence-electron chi connectivity index (χ0n) is 5.16. The normalized spacial score (nSPS) is 9.89. The summed E-state index contributed by atoms with van der Waals surface area (Å²) in [4.78, 5) is 3.86. The van der Waals surface area contributed by atoms with Gasteiger partial charge in [-0.1, -0.05) is 0 Å². The molecule has 0 amide bonds. The summed E-state index contributed by atoms with van der Waals surface area (Å²) in [6, 6.07) is 0. The fraction of sp³-hybridized carbons (Fsp3) is 0.333. The van der Waals surface area contributed by atoms with Crippen LogP contribution in [0.15, 0.2) is 18.7 Å². The predicted octanol–water partition coefficient (Wildman–Crippen LogP) is 0.691.